The molecule has 4 atom stereocenters. The van der Waals surface area contributed by atoms with Gasteiger partial charge in [0.15, 0.2) is 0 Å². The highest BCUT2D eigenvalue weighted by Gasteiger charge is 2.43. The van der Waals surface area contributed by atoms with Gasteiger partial charge in [-0.3, -0.25) is 0 Å². The van der Waals surface area contributed by atoms with Crippen LogP contribution in [0.5, 0.6) is 0 Å². The molecule has 0 radical (unpaired) electrons. The summed E-state index contributed by atoms with van der Waals surface area (Å²) in [5.41, 5.74) is 0.552. The summed E-state index contributed by atoms with van der Waals surface area (Å²) < 4.78 is 0. The van der Waals surface area contributed by atoms with Gasteiger partial charge in [-0.15, -0.1) is 0 Å². The van der Waals surface area contributed by atoms with Gasteiger partial charge in [-0.1, -0.05) is 60.8 Å². The highest BCUT2D eigenvalue weighted by molar-refractivity contribution is 4.92. The average molecular weight is 210 g/mol. The standard InChI is InChI=1S/C15H30/c1-7-9-13-11(3)10-14(12(13)4)15(5,6)8-2/h11-14H,7-10H2,1-6H3. The molecular weight excluding hydrogens is 180 g/mol. The zero-order chi connectivity index (χ0) is 11.6. The lowest BCUT2D eigenvalue weighted by Crippen LogP contribution is -2.27. The summed E-state index contributed by atoms with van der Waals surface area (Å²) in [4.78, 5) is 0. The molecule has 15 heavy (non-hydrogen) atoms. The molecule has 0 saturated heterocycles. The molecule has 0 amide bonds. The Morgan fingerprint density at radius 2 is 1.73 bits per heavy atom. The second-order valence-electron chi connectivity index (χ2n) is 6.47. The molecule has 1 fully saturated rings. The van der Waals surface area contributed by atoms with E-state index in [0.29, 0.717) is 5.41 Å². The maximum atomic E-state index is 2.51. The molecular formula is C15H30. The number of rotatable bonds is 4. The Morgan fingerprint density at radius 3 is 2.20 bits per heavy atom. The van der Waals surface area contributed by atoms with E-state index in [2.05, 4.69) is 41.5 Å². The lowest BCUT2D eigenvalue weighted by molar-refractivity contribution is 0.148. The highest BCUT2D eigenvalue weighted by atomic mass is 14.5. The normalized spacial score (nSPS) is 37.2. The van der Waals surface area contributed by atoms with E-state index in [4.69, 9.17) is 0 Å². The Bertz CT molecular complexity index is 192. The molecule has 1 saturated carbocycles. The molecule has 0 spiro atoms. The van der Waals surface area contributed by atoms with Crippen molar-refractivity contribution in [2.75, 3.05) is 0 Å². The lowest BCUT2D eigenvalue weighted by atomic mass is 9.71. The van der Waals surface area contributed by atoms with Gasteiger partial charge >= 0.3 is 0 Å². The third-order valence-corrected chi connectivity index (χ3v) is 5.20. The van der Waals surface area contributed by atoms with Crippen LogP contribution >= 0.6 is 0 Å². The number of hydrogen-bond acceptors (Lipinski definition) is 0. The van der Waals surface area contributed by atoms with Gasteiger partial charge < -0.3 is 0 Å². The fraction of sp³-hybridized carbons (Fsp3) is 1.00. The van der Waals surface area contributed by atoms with E-state index >= 15 is 0 Å². The van der Waals surface area contributed by atoms with Crippen LogP contribution in [-0.2, 0) is 0 Å². The van der Waals surface area contributed by atoms with Gasteiger partial charge in [0.2, 0.25) is 0 Å². The van der Waals surface area contributed by atoms with Crippen molar-refractivity contribution in [3.05, 3.63) is 0 Å². The highest BCUT2D eigenvalue weighted by Crippen LogP contribution is 2.51. The van der Waals surface area contributed by atoms with Crippen LogP contribution in [-0.4, -0.2) is 0 Å². The Kier molecular flexibility index (Phi) is 4.26. The first-order valence-corrected chi connectivity index (χ1v) is 6.94. The predicted molar refractivity (Wildman–Crippen MR) is 68.9 cm³/mol. The third-order valence-electron chi connectivity index (χ3n) is 5.20. The summed E-state index contributed by atoms with van der Waals surface area (Å²) in [6.45, 7) is 14.6. The van der Waals surface area contributed by atoms with Crippen molar-refractivity contribution in [1.82, 2.24) is 0 Å². The Labute approximate surface area is 96.8 Å². The van der Waals surface area contributed by atoms with Crippen molar-refractivity contribution in [3.63, 3.8) is 0 Å². The molecule has 4 unspecified atom stereocenters. The summed E-state index contributed by atoms with van der Waals surface area (Å²) in [5.74, 6) is 3.84. The Balaban J connectivity index is 2.72. The van der Waals surface area contributed by atoms with E-state index in [1.165, 1.54) is 25.7 Å². The van der Waals surface area contributed by atoms with Crippen molar-refractivity contribution in [2.45, 2.75) is 67.2 Å². The fourth-order valence-corrected chi connectivity index (χ4v) is 3.78. The van der Waals surface area contributed by atoms with E-state index < -0.39 is 0 Å². The molecule has 0 N–H and O–H groups in total. The lowest BCUT2D eigenvalue weighted by Gasteiger charge is -2.35. The Hall–Kier alpha value is 0. The van der Waals surface area contributed by atoms with Crippen LogP contribution in [0.3, 0.4) is 0 Å². The summed E-state index contributed by atoms with van der Waals surface area (Å²) >= 11 is 0. The SMILES string of the molecule is CCCC1C(C)CC(C(C)(C)CC)C1C. The van der Waals surface area contributed by atoms with Crippen molar-refractivity contribution in [2.24, 2.45) is 29.1 Å². The van der Waals surface area contributed by atoms with Crippen LogP contribution in [0.2, 0.25) is 0 Å². The van der Waals surface area contributed by atoms with Gasteiger partial charge in [-0.2, -0.15) is 0 Å². The molecule has 0 aliphatic heterocycles. The van der Waals surface area contributed by atoms with Crippen molar-refractivity contribution < 1.29 is 0 Å². The molecule has 0 nitrogen and oxygen atoms in total. The average Bonchev–Trinajstić information content (AvgIpc) is 2.47. The molecule has 1 aliphatic carbocycles. The monoisotopic (exact) mass is 210 g/mol. The zero-order valence-electron chi connectivity index (χ0n) is 11.6. The van der Waals surface area contributed by atoms with Gasteiger partial charge in [-0.05, 0) is 35.5 Å². The first kappa shape index (κ1) is 13.1. The van der Waals surface area contributed by atoms with Gasteiger partial charge in [0.05, 0.1) is 0 Å². The van der Waals surface area contributed by atoms with Gasteiger partial charge in [-0.25, -0.2) is 0 Å². The molecule has 0 aromatic rings. The summed E-state index contributed by atoms with van der Waals surface area (Å²) in [6.07, 6.45) is 5.59. The minimum Gasteiger partial charge on any atom is -0.0654 e. The van der Waals surface area contributed by atoms with E-state index in [1.807, 2.05) is 0 Å². The van der Waals surface area contributed by atoms with Gasteiger partial charge in [0.1, 0.15) is 0 Å². The maximum Gasteiger partial charge on any atom is -0.0326 e. The largest absolute Gasteiger partial charge is 0.0654 e. The molecule has 0 aromatic carbocycles. The van der Waals surface area contributed by atoms with Crippen molar-refractivity contribution in [3.8, 4) is 0 Å². The first-order valence-electron chi connectivity index (χ1n) is 6.94. The predicted octanol–water partition coefficient (Wildman–Crippen LogP) is 5.13. The van der Waals surface area contributed by atoms with Crippen LogP contribution in [0.4, 0.5) is 0 Å². The third kappa shape index (κ3) is 2.57. The quantitative estimate of drug-likeness (QED) is 0.603. The first-order chi connectivity index (χ1) is 6.94. The van der Waals surface area contributed by atoms with E-state index in [1.54, 1.807) is 0 Å². The molecule has 90 valence electrons. The minimum absolute atomic E-state index is 0.552. The summed E-state index contributed by atoms with van der Waals surface area (Å²) in [5, 5.41) is 0. The fourth-order valence-electron chi connectivity index (χ4n) is 3.78. The molecule has 0 aromatic heterocycles. The maximum absolute atomic E-state index is 2.51. The van der Waals surface area contributed by atoms with E-state index in [9.17, 15) is 0 Å². The van der Waals surface area contributed by atoms with Gasteiger partial charge in [0.25, 0.3) is 0 Å². The van der Waals surface area contributed by atoms with E-state index in [0.717, 1.165) is 23.7 Å². The van der Waals surface area contributed by atoms with Crippen LogP contribution < -0.4 is 0 Å². The van der Waals surface area contributed by atoms with Crippen molar-refractivity contribution in [1.29, 1.82) is 0 Å². The topological polar surface area (TPSA) is 0 Å². The van der Waals surface area contributed by atoms with Crippen LogP contribution in [0.25, 0.3) is 0 Å². The van der Waals surface area contributed by atoms with Crippen LogP contribution in [0.15, 0.2) is 0 Å². The molecule has 0 bridgehead atoms. The van der Waals surface area contributed by atoms with Gasteiger partial charge in [0, 0.05) is 0 Å². The minimum atomic E-state index is 0.552. The second kappa shape index (κ2) is 4.89. The second-order valence-corrected chi connectivity index (χ2v) is 6.47. The van der Waals surface area contributed by atoms with Crippen LogP contribution in [0, 0.1) is 29.1 Å². The molecule has 0 heteroatoms. The van der Waals surface area contributed by atoms with Crippen molar-refractivity contribution >= 4 is 0 Å². The number of hydrogen-bond donors (Lipinski definition) is 0. The molecule has 1 aliphatic rings. The summed E-state index contributed by atoms with van der Waals surface area (Å²) in [7, 11) is 0. The van der Waals surface area contributed by atoms with Crippen LogP contribution in [0.1, 0.15) is 67.2 Å². The van der Waals surface area contributed by atoms with E-state index in [-0.39, 0.29) is 0 Å². The Morgan fingerprint density at radius 1 is 1.13 bits per heavy atom. The molecule has 0 heterocycles. The zero-order valence-corrected chi connectivity index (χ0v) is 11.6. The smallest absolute Gasteiger partial charge is 0.0326 e. The molecule has 1 rings (SSSR count). The summed E-state index contributed by atoms with van der Waals surface area (Å²) in [6, 6.07) is 0.